The number of amides is 1. The van der Waals surface area contributed by atoms with E-state index >= 15 is 0 Å². The standard InChI is InChI=1S/C20H27N3O2S2/c1-4-10-23-19(25)17-14(2)15(3)27-18(17)21-20(23)26-13-16(24)22-11-8-6-5-7-9-12-22/h4H,1,5-13H2,2-3H3. The van der Waals surface area contributed by atoms with Gasteiger partial charge in [-0.3, -0.25) is 14.2 Å². The van der Waals surface area contributed by atoms with Crippen molar-refractivity contribution in [1.82, 2.24) is 14.5 Å². The van der Waals surface area contributed by atoms with Crippen molar-refractivity contribution < 1.29 is 4.79 Å². The fraction of sp³-hybridized carbons (Fsp3) is 0.550. The SMILES string of the molecule is C=CCn1c(SCC(=O)N2CCCCCCC2)nc2sc(C)c(C)c2c1=O. The summed E-state index contributed by atoms with van der Waals surface area (Å²) in [6.45, 7) is 9.82. The van der Waals surface area contributed by atoms with E-state index in [-0.39, 0.29) is 11.5 Å². The highest BCUT2D eigenvalue weighted by Crippen LogP contribution is 2.28. The Balaban J connectivity index is 1.83. The summed E-state index contributed by atoms with van der Waals surface area (Å²) in [5.74, 6) is 0.457. The van der Waals surface area contributed by atoms with Gasteiger partial charge in [-0.25, -0.2) is 4.98 Å². The van der Waals surface area contributed by atoms with Gasteiger partial charge in [0.25, 0.3) is 5.56 Å². The Bertz CT molecular complexity index is 893. The van der Waals surface area contributed by atoms with Crippen molar-refractivity contribution in [2.45, 2.75) is 57.7 Å². The third-order valence-electron chi connectivity index (χ3n) is 5.10. The summed E-state index contributed by atoms with van der Waals surface area (Å²) in [5.41, 5.74) is 0.960. The Morgan fingerprint density at radius 1 is 1.22 bits per heavy atom. The first kappa shape index (κ1) is 20.1. The van der Waals surface area contributed by atoms with Crippen molar-refractivity contribution in [3.05, 3.63) is 33.4 Å². The maximum Gasteiger partial charge on any atom is 0.263 e. The molecule has 1 fully saturated rings. The summed E-state index contributed by atoms with van der Waals surface area (Å²) >= 11 is 2.91. The number of thiophene rings is 1. The topological polar surface area (TPSA) is 55.2 Å². The fourth-order valence-corrected chi connectivity index (χ4v) is 5.41. The zero-order chi connectivity index (χ0) is 19.4. The molecule has 146 valence electrons. The van der Waals surface area contributed by atoms with E-state index < -0.39 is 0 Å². The number of nitrogens with zero attached hydrogens (tertiary/aromatic N) is 3. The molecule has 1 aliphatic rings. The van der Waals surface area contributed by atoms with Gasteiger partial charge < -0.3 is 4.90 Å². The van der Waals surface area contributed by atoms with Gasteiger partial charge in [-0.1, -0.05) is 37.1 Å². The molecule has 0 spiro atoms. The van der Waals surface area contributed by atoms with Crippen LogP contribution < -0.4 is 5.56 Å². The summed E-state index contributed by atoms with van der Waals surface area (Å²) in [5, 5.41) is 1.30. The van der Waals surface area contributed by atoms with Gasteiger partial charge in [0.05, 0.1) is 11.1 Å². The number of carbonyl (C=O) groups is 1. The van der Waals surface area contributed by atoms with Gasteiger partial charge in [-0.2, -0.15) is 0 Å². The number of carbonyl (C=O) groups excluding carboxylic acids is 1. The van der Waals surface area contributed by atoms with Crippen LogP contribution in [-0.4, -0.2) is 39.2 Å². The smallest absolute Gasteiger partial charge is 0.263 e. The molecule has 0 saturated carbocycles. The van der Waals surface area contributed by atoms with Crippen LogP contribution in [-0.2, 0) is 11.3 Å². The Labute approximate surface area is 168 Å². The molecular formula is C20H27N3O2S2. The van der Waals surface area contributed by atoms with E-state index in [1.807, 2.05) is 18.7 Å². The summed E-state index contributed by atoms with van der Waals surface area (Å²) in [7, 11) is 0. The van der Waals surface area contributed by atoms with Crippen LogP contribution in [0.4, 0.5) is 0 Å². The second-order valence-corrected chi connectivity index (χ2v) is 9.15. The van der Waals surface area contributed by atoms with Crippen LogP contribution in [0.5, 0.6) is 0 Å². The molecule has 0 bridgehead atoms. The molecule has 2 aromatic rings. The molecule has 0 aromatic carbocycles. The van der Waals surface area contributed by atoms with Crippen molar-refractivity contribution in [2.24, 2.45) is 0 Å². The van der Waals surface area contributed by atoms with Gasteiger partial charge in [0.15, 0.2) is 5.16 Å². The lowest BCUT2D eigenvalue weighted by Crippen LogP contribution is -2.35. The van der Waals surface area contributed by atoms with Gasteiger partial charge in [-0.05, 0) is 32.3 Å². The highest BCUT2D eigenvalue weighted by atomic mass is 32.2. The third-order valence-corrected chi connectivity index (χ3v) is 7.16. The number of allylic oxidation sites excluding steroid dienone is 1. The molecule has 3 rings (SSSR count). The quantitative estimate of drug-likeness (QED) is 0.426. The van der Waals surface area contributed by atoms with Crippen molar-refractivity contribution in [1.29, 1.82) is 0 Å². The molecule has 0 aliphatic carbocycles. The highest BCUT2D eigenvalue weighted by molar-refractivity contribution is 7.99. The third kappa shape index (κ3) is 4.46. The number of rotatable bonds is 5. The van der Waals surface area contributed by atoms with E-state index in [9.17, 15) is 9.59 Å². The molecule has 0 N–H and O–H groups in total. The van der Waals surface area contributed by atoms with Crippen LogP contribution in [0.1, 0.15) is 42.5 Å². The van der Waals surface area contributed by atoms with Gasteiger partial charge in [-0.15, -0.1) is 17.9 Å². The van der Waals surface area contributed by atoms with Gasteiger partial charge >= 0.3 is 0 Å². The number of hydrogen-bond acceptors (Lipinski definition) is 5. The Morgan fingerprint density at radius 3 is 2.56 bits per heavy atom. The van der Waals surface area contributed by atoms with Gasteiger partial charge in [0, 0.05) is 24.5 Å². The van der Waals surface area contributed by atoms with Crippen molar-refractivity contribution in [3.63, 3.8) is 0 Å². The lowest BCUT2D eigenvalue weighted by atomic mass is 10.1. The minimum Gasteiger partial charge on any atom is -0.342 e. The second-order valence-electron chi connectivity index (χ2n) is 7.00. The summed E-state index contributed by atoms with van der Waals surface area (Å²) in [6, 6.07) is 0. The van der Waals surface area contributed by atoms with E-state index in [1.165, 1.54) is 31.0 Å². The molecule has 5 nitrogen and oxygen atoms in total. The molecule has 7 heteroatoms. The van der Waals surface area contributed by atoms with Crippen LogP contribution in [0.2, 0.25) is 0 Å². The van der Waals surface area contributed by atoms with Crippen molar-refractivity contribution >= 4 is 39.2 Å². The largest absolute Gasteiger partial charge is 0.342 e. The summed E-state index contributed by atoms with van der Waals surface area (Å²) < 4.78 is 1.64. The molecular weight excluding hydrogens is 378 g/mol. The Hall–Kier alpha value is -1.60. The van der Waals surface area contributed by atoms with Gasteiger partial charge in [0.2, 0.25) is 5.91 Å². The van der Waals surface area contributed by atoms with Crippen LogP contribution >= 0.6 is 23.1 Å². The van der Waals surface area contributed by atoms with E-state index in [0.29, 0.717) is 22.8 Å². The number of likely N-dealkylation sites (tertiary alicyclic amines) is 1. The predicted molar refractivity (Wildman–Crippen MR) is 114 cm³/mol. The zero-order valence-corrected chi connectivity index (χ0v) is 17.8. The number of hydrogen-bond donors (Lipinski definition) is 0. The average Bonchev–Trinajstić information content (AvgIpc) is 2.89. The fourth-order valence-electron chi connectivity index (χ4n) is 3.42. The van der Waals surface area contributed by atoms with E-state index in [0.717, 1.165) is 41.2 Å². The number of aromatic nitrogens is 2. The minimum absolute atomic E-state index is 0.0389. The van der Waals surface area contributed by atoms with Gasteiger partial charge in [0.1, 0.15) is 4.83 Å². The lowest BCUT2D eigenvalue weighted by Gasteiger charge is -2.24. The first-order valence-corrected chi connectivity index (χ1v) is 11.3. The normalized spacial score (nSPS) is 15.6. The molecule has 1 amide bonds. The second kappa shape index (κ2) is 9.06. The lowest BCUT2D eigenvalue weighted by molar-refractivity contribution is -0.128. The predicted octanol–water partition coefficient (Wildman–Crippen LogP) is 4.15. The molecule has 3 heterocycles. The van der Waals surface area contributed by atoms with Crippen LogP contribution in [0.25, 0.3) is 10.2 Å². The molecule has 2 aromatic heterocycles. The van der Waals surface area contributed by atoms with E-state index in [2.05, 4.69) is 6.58 Å². The number of fused-ring (bicyclic) bond motifs is 1. The number of aryl methyl sites for hydroxylation is 2. The first-order valence-electron chi connectivity index (χ1n) is 9.55. The first-order chi connectivity index (χ1) is 13.0. The van der Waals surface area contributed by atoms with E-state index in [1.54, 1.807) is 22.0 Å². The van der Waals surface area contributed by atoms with Crippen LogP contribution in [0.15, 0.2) is 22.6 Å². The van der Waals surface area contributed by atoms with Crippen LogP contribution in [0, 0.1) is 13.8 Å². The van der Waals surface area contributed by atoms with Crippen molar-refractivity contribution in [2.75, 3.05) is 18.8 Å². The van der Waals surface area contributed by atoms with Crippen LogP contribution in [0.3, 0.4) is 0 Å². The highest BCUT2D eigenvalue weighted by Gasteiger charge is 2.19. The minimum atomic E-state index is -0.0389. The molecule has 27 heavy (non-hydrogen) atoms. The molecule has 1 aliphatic heterocycles. The molecule has 1 saturated heterocycles. The maximum atomic E-state index is 13.0. The Kier molecular flexibility index (Phi) is 6.76. The van der Waals surface area contributed by atoms with Crippen molar-refractivity contribution in [3.8, 4) is 0 Å². The maximum absolute atomic E-state index is 13.0. The molecule has 0 unspecified atom stereocenters. The number of thioether (sulfide) groups is 1. The zero-order valence-electron chi connectivity index (χ0n) is 16.1. The molecule has 0 radical (unpaired) electrons. The molecule has 0 atom stereocenters. The monoisotopic (exact) mass is 405 g/mol. The summed E-state index contributed by atoms with van der Waals surface area (Å²) in [6.07, 6.45) is 7.53. The van der Waals surface area contributed by atoms with E-state index in [4.69, 9.17) is 4.98 Å². The Morgan fingerprint density at radius 2 is 1.89 bits per heavy atom. The average molecular weight is 406 g/mol. The summed E-state index contributed by atoms with van der Waals surface area (Å²) in [4.78, 5) is 34.2.